The van der Waals surface area contributed by atoms with Crippen LogP contribution in [-0.4, -0.2) is 37.6 Å². The predicted molar refractivity (Wildman–Crippen MR) is 69.3 cm³/mol. The van der Waals surface area contributed by atoms with E-state index in [0.717, 1.165) is 0 Å². The molecule has 0 saturated carbocycles. The fraction of sp³-hybridized carbons (Fsp3) is 0.417. The standard InChI is InChI=1S/C12H17ClN2O2/c1-3-17-7-6-15(2)12(16)10-5-4-9(14)8-11(10)13/h4-5,8H,3,6-7,14H2,1-2H3. The summed E-state index contributed by atoms with van der Waals surface area (Å²) in [5.41, 5.74) is 6.58. The Kier molecular flexibility index (Phi) is 5.25. The van der Waals surface area contributed by atoms with Gasteiger partial charge in [0.1, 0.15) is 0 Å². The summed E-state index contributed by atoms with van der Waals surface area (Å²) in [7, 11) is 1.72. The topological polar surface area (TPSA) is 55.6 Å². The van der Waals surface area contributed by atoms with Gasteiger partial charge in [-0.15, -0.1) is 0 Å². The molecule has 0 spiro atoms. The van der Waals surface area contributed by atoms with Crippen molar-refractivity contribution < 1.29 is 9.53 Å². The number of ether oxygens (including phenoxy) is 1. The third-order valence-corrected chi connectivity index (χ3v) is 2.66. The van der Waals surface area contributed by atoms with E-state index >= 15 is 0 Å². The van der Waals surface area contributed by atoms with Crippen LogP contribution in [0.15, 0.2) is 18.2 Å². The molecule has 5 heteroatoms. The van der Waals surface area contributed by atoms with Crippen LogP contribution < -0.4 is 5.73 Å². The zero-order chi connectivity index (χ0) is 12.8. The van der Waals surface area contributed by atoms with E-state index in [0.29, 0.717) is 36.0 Å². The summed E-state index contributed by atoms with van der Waals surface area (Å²) in [5, 5.41) is 0.373. The van der Waals surface area contributed by atoms with Crippen molar-refractivity contribution in [1.82, 2.24) is 4.90 Å². The second kappa shape index (κ2) is 6.47. The lowest BCUT2D eigenvalue weighted by molar-refractivity contribution is 0.0710. The summed E-state index contributed by atoms with van der Waals surface area (Å²) in [6.45, 7) is 3.61. The summed E-state index contributed by atoms with van der Waals surface area (Å²) in [5.74, 6) is -0.130. The Morgan fingerprint density at radius 2 is 2.24 bits per heavy atom. The Morgan fingerprint density at radius 3 is 2.82 bits per heavy atom. The van der Waals surface area contributed by atoms with Gasteiger partial charge in [0.05, 0.1) is 17.2 Å². The third kappa shape index (κ3) is 3.91. The van der Waals surface area contributed by atoms with Gasteiger partial charge in [0, 0.05) is 25.9 Å². The zero-order valence-electron chi connectivity index (χ0n) is 10.1. The van der Waals surface area contributed by atoms with Crippen LogP contribution in [0.5, 0.6) is 0 Å². The molecule has 0 aliphatic rings. The lowest BCUT2D eigenvalue weighted by Crippen LogP contribution is -2.30. The molecule has 2 N–H and O–H groups in total. The van der Waals surface area contributed by atoms with E-state index in [-0.39, 0.29) is 5.91 Å². The van der Waals surface area contributed by atoms with Crippen molar-refractivity contribution in [3.63, 3.8) is 0 Å². The largest absolute Gasteiger partial charge is 0.399 e. The third-order valence-electron chi connectivity index (χ3n) is 2.35. The maximum atomic E-state index is 12.0. The highest BCUT2D eigenvalue weighted by Crippen LogP contribution is 2.20. The fourth-order valence-corrected chi connectivity index (χ4v) is 1.63. The average molecular weight is 257 g/mol. The van der Waals surface area contributed by atoms with Crippen LogP contribution in [0, 0.1) is 0 Å². The van der Waals surface area contributed by atoms with E-state index in [9.17, 15) is 4.79 Å². The van der Waals surface area contributed by atoms with Crippen molar-refractivity contribution in [2.45, 2.75) is 6.92 Å². The molecular weight excluding hydrogens is 240 g/mol. The first-order valence-electron chi connectivity index (χ1n) is 5.44. The van der Waals surface area contributed by atoms with Crippen molar-refractivity contribution in [1.29, 1.82) is 0 Å². The van der Waals surface area contributed by atoms with Crippen LogP contribution in [0.25, 0.3) is 0 Å². The molecule has 1 amide bonds. The molecule has 0 aromatic heterocycles. The molecule has 0 unspecified atom stereocenters. The highest BCUT2D eigenvalue weighted by molar-refractivity contribution is 6.34. The number of carbonyl (C=O) groups excluding carboxylic acids is 1. The predicted octanol–water partition coefficient (Wildman–Crippen LogP) is 2.03. The van der Waals surface area contributed by atoms with E-state index in [2.05, 4.69) is 0 Å². The van der Waals surface area contributed by atoms with Crippen LogP contribution in [-0.2, 0) is 4.74 Å². The van der Waals surface area contributed by atoms with Crippen LogP contribution in [0.4, 0.5) is 5.69 Å². The number of carbonyl (C=O) groups is 1. The van der Waals surface area contributed by atoms with Gasteiger partial charge in [-0.05, 0) is 25.1 Å². The van der Waals surface area contributed by atoms with Gasteiger partial charge in [-0.3, -0.25) is 4.79 Å². The Balaban J connectivity index is 2.68. The van der Waals surface area contributed by atoms with Gasteiger partial charge < -0.3 is 15.4 Å². The van der Waals surface area contributed by atoms with Crippen LogP contribution in [0.3, 0.4) is 0 Å². The second-order valence-electron chi connectivity index (χ2n) is 3.66. The Bertz CT molecular complexity index is 396. The van der Waals surface area contributed by atoms with Crippen molar-refractivity contribution in [3.8, 4) is 0 Å². The molecule has 0 atom stereocenters. The van der Waals surface area contributed by atoms with Gasteiger partial charge in [0.2, 0.25) is 0 Å². The number of halogens is 1. The number of amides is 1. The number of likely N-dealkylation sites (N-methyl/N-ethyl adjacent to an activating group) is 1. The summed E-state index contributed by atoms with van der Waals surface area (Å²) < 4.78 is 5.19. The molecule has 0 radical (unpaired) electrons. The van der Waals surface area contributed by atoms with Crippen LogP contribution in [0.2, 0.25) is 5.02 Å². The van der Waals surface area contributed by atoms with Crippen molar-refractivity contribution in [2.24, 2.45) is 0 Å². The fourth-order valence-electron chi connectivity index (χ4n) is 1.36. The van der Waals surface area contributed by atoms with Crippen LogP contribution >= 0.6 is 11.6 Å². The van der Waals surface area contributed by atoms with Gasteiger partial charge in [-0.1, -0.05) is 11.6 Å². The maximum absolute atomic E-state index is 12.0. The number of benzene rings is 1. The highest BCUT2D eigenvalue weighted by Gasteiger charge is 2.14. The first kappa shape index (κ1) is 13.8. The van der Waals surface area contributed by atoms with Crippen molar-refractivity contribution in [2.75, 3.05) is 32.5 Å². The van der Waals surface area contributed by atoms with E-state index < -0.39 is 0 Å². The minimum Gasteiger partial charge on any atom is -0.399 e. The molecule has 4 nitrogen and oxygen atoms in total. The molecule has 94 valence electrons. The Morgan fingerprint density at radius 1 is 1.53 bits per heavy atom. The first-order chi connectivity index (χ1) is 8.06. The van der Waals surface area contributed by atoms with Gasteiger partial charge in [-0.25, -0.2) is 0 Å². The van der Waals surface area contributed by atoms with Gasteiger partial charge >= 0.3 is 0 Å². The molecule has 1 aromatic carbocycles. The molecule has 1 rings (SSSR count). The second-order valence-corrected chi connectivity index (χ2v) is 4.07. The smallest absolute Gasteiger partial charge is 0.255 e. The molecule has 0 aliphatic carbocycles. The summed E-state index contributed by atoms with van der Waals surface area (Å²) >= 11 is 5.97. The number of hydrogen-bond donors (Lipinski definition) is 1. The number of anilines is 1. The lowest BCUT2D eigenvalue weighted by atomic mass is 10.2. The summed E-state index contributed by atoms with van der Waals surface area (Å²) in [6, 6.07) is 4.87. The van der Waals surface area contributed by atoms with E-state index in [4.69, 9.17) is 22.1 Å². The molecule has 0 aliphatic heterocycles. The number of hydrogen-bond acceptors (Lipinski definition) is 3. The number of nitrogens with zero attached hydrogens (tertiary/aromatic N) is 1. The molecule has 0 fully saturated rings. The normalized spacial score (nSPS) is 10.3. The van der Waals surface area contributed by atoms with E-state index in [1.807, 2.05) is 6.92 Å². The molecule has 0 heterocycles. The zero-order valence-corrected chi connectivity index (χ0v) is 10.8. The monoisotopic (exact) mass is 256 g/mol. The first-order valence-corrected chi connectivity index (χ1v) is 5.82. The van der Waals surface area contributed by atoms with Crippen LogP contribution in [0.1, 0.15) is 17.3 Å². The van der Waals surface area contributed by atoms with Gasteiger partial charge in [0.15, 0.2) is 0 Å². The highest BCUT2D eigenvalue weighted by atomic mass is 35.5. The SMILES string of the molecule is CCOCCN(C)C(=O)c1ccc(N)cc1Cl. The minimum absolute atomic E-state index is 0.130. The molecule has 0 saturated heterocycles. The molecule has 17 heavy (non-hydrogen) atoms. The Labute approximate surface area is 106 Å². The molecular formula is C12H17ClN2O2. The number of rotatable bonds is 5. The molecule has 0 bridgehead atoms. The van der Waals surface area contributed by atoms with Crippen molar-refractivity contribution >= 4 is 23.2 Å². The quantitative estimate of drug-likeness (QED) is 0.648. The van der Waals surface area contributed by atoms with E-state index in [1.165, 1.54) is 0 Å². The lowest BCUT2D eigenvalue weighted by Gasteiger charge is -2.17. The number of nitrogens with two attached hydrogens (primary N) is 1. The molecule has 1 aromatic rings. The average Bonchev–Trinajstić information content (AvgIpc) is 2.28. The summed E-state index contributed by atoms with van der Waals surface area (Å²) in [4.78, 5) is 13.6. The van der Waals surface area contributed by atoms with Gasteiger partial charge in [0.25, 0.3) is 5.91 Å². The van der Waals surface area contributed by atoms with Gasteiger partial charge in [-0.2, -0.15) is 0 Å². The van der Waals surface area contributed by atoms with E-state index in [1.54, 1.807) is 30.1 Å². The number of nitrogen functional groups attached to an aromatic ring is 1. The van der Waals surface area contributed by atoms with Crippen molar-refractivity contribution in [3.05, 3.63) is 28.8 Å². The maximum Gasteiger partial charge on any atom is 0.255 e. The summed E-state index contributed by atoms with van der Waals surface area (Å²) in [6.07, 6.45) is 0. The minimum atomic E-state index is -0.130. The Hall–Kier alpha value is -1.26.